The maximum absolute atomic E-state index is 11.6. The highest BCUT2D eigenvalue weighted by Crippen LogP contribution is 2.12. The summed E-state index contributed by atoms with van der Waals surface area (Å²) < 4.78 is 0. The molecule has 98 valence electrons. The molecule has 3 heteroatoms. The van der Waals surface area contributed by atoms with Gasteiger partial charge in [-0.2, -0.15) is 0 Å². The minimum Gasteiger partial charge on any atom is -0.337 e. The highest BCUT2D eigenvalue weighted by molar-refractivity contribution is 5.73. The summed E-state index contributed by atoms with van der Waals surface area (Å²) in [5.41, 5.74) is 2.68. The number of benzene rings is 1. The predicted octanol–water partition coefficient (Wildman–Crippen LogP) is 1.61. The molecule has 1 unspecified atom stereocenters. The standard InChI is InChI=1S/C15H22N2O/c1-3-13-4-6-14(7-5-13)10-15-11-16-8-9-17(15)12(2)18/h4-7,15-16H,3,8-11H2,1-2H3. The number of hydrogen-bond acceptors (Lipinski definition) is 2. The first kappa shape index (κ1) is 13.1. The molecule has 3 nitrogen and oxygen atoms in total. The Balaban J connectivity index is 2.03. The highest BCUT2D eigenvalue weighted by Gasteiger charge is 2.23. The molecule has 1 heterocycles. The minimum absolute atomic E-state index is 0.187. The molecule has 0 aromatic heterocycles. The van der Waals surface area contributed by atoms with Gasteiger partial charge in [0.1, 0.15) is 0 Å². The molecular formula is C15H22N2O. The van der Waals surface area contributed by atoms with Crippen LogP contribution in [0, 0.1) is 0 Å². The van der Waals surface area contributed by atoms with Gasteiger partial charge in [0.2, 0.25) is 5.91 Å². The van der Waals surface area contributed by atoms with Crippen molar-refractivity contribution in [1.29, 1.82) is 0 Å². The Morgan fingerprint density at radius 1 is 1.33 bits per heavy atom. The maximum Gasteiger partial charge on any atom is 0.219 e. The van der Waals surface area contributed by atoms with E-state index in [1.807, 2.05) is 4.90 Å². The average molecular weight is 246 g/mol. The Morgan fingerprint density at radius 3 is 2.61 bits per heavy atom. The second kappa shape index (κ2) is 6.01. The van der Waals surface area contributed by atoms with E-state index in [-0.39, 0.29) is 5.91 Å². The van der Waals surface area contributed by atoms with E-state index in [2.05, 4.69) is 36.5 Å². The lowest BCUT2D eigenvalue weighted by Gasteiger charge is -2.35. The predicted molar refractivity (Wildman–Crippen MR) is 73.6 cm³/mol. The number of nitrogens with zero attached hydrogens (tertiary/aromatic N) is 1. The second-order valence-corrected chi connectivity index (χ2v) is 4.94. The molecule has 0 radical (unpaired) electrons. The summed E-state index contributed by atoms with van der Waals surface area (Å²) in [6.07, 6.45) is 2.02. The fourth-order valence-corrected chi connectivity index (χ4v) is 2.54. The van der Waals surface area contributed by atoms with E-state index < -0.39 is 0 Å². The molecule has 0 saturated carbocycles. The number of aryl methyl sites for hydroxylation is 1. The van der Waals surface area contributed by atoms with Gasteiger partial charge in [-0.05, 0) is 24.0 Å². The van der Waals surface area contributed by atoms with Crippen molar-refractivity contribution in [2.75, 3.05) is 19.6 Å². The quantitative estimate of drug-likeness (QED) is 0.879. The van der Waals surface area contributed by atoms with Crippen molar-refractivity contribution >= 4 is 5.91 Å². The Labute approximate surface area is 109 Å². The van der Waals surface area contributed by atoms with E-state index in [1.165, 1.54) is 11.1 Å². The summed E-state index contributed by atoms with van der Waals surface area (Å²) in [6.45, 7) is 6.46. The van der Waals surface area contributed by atoms with Gasteiger partial charge in [-0.15, -0.1) is 0 Å². The number of rotatable bonds is 3. The number of carbonyl (C=O) groups is 1. The van der Waals surface area contributed by atoms with Crippen molar-refractivity contribution < 1.29 is 4.79 Å². The monoisotopic (exact) mass is 246 g/mol. The molecule has 1 aliphatic rings. The van der Waals surface area contributed by atoms with Gasteiger partial charge >= 0.3 is 0 Å². The van der Waals surface area contributed by atoms with Crippen molar-refractivity contribution in [2.45, 2.75) is 32.7 Å². The second-order valence-electron chi connectivity index (χ2n) is 4.94. The van der Waals surface area contributed by atoms with Crippen molar-refractivity contribution in [2.24, 2.45) is 0 Å². The Morgan fingerprint density at radius 2 is 2.00 bits per heavy atom. The van der Waals surface area contributed by atoms with Crippen molar-refractivity contribution in [3.05, 3.63) is 35.4 Å². The SMILES string of the molecule is CCc1ccc(CC2CNCCN2C(C)=O)cc1. The summed E-state index contributed by atoms with van der Waals surface area (Å²) in [5, 5.41) is 3.37. The molecular weight excluding hydrogens is 224 g/mol. The smallest absolute Gasteiger partial charge is 0.219 e. The Kier molecular flexibility index (Phi) is 4.37. The lowest BCUT2D eigenvalue weighted by atomic mass is 10.0. The molecule has 1 aromatic carbocycles. The van der Waals surface area contributed by atoms with Gasteiger partial charge in [-0.1, -0.05) is 31.2 Å². The van der Waals surface area contributed by atoms with Crippen LogP contribution in [0.2, 0.25) is 0 Å². The van der Waals surface area contributed by atoms with Crippen LogP contribution >= 0.6 is 0 Å². The van der Waals surface area contributed by atoms with Crippen molar-refractivity contribution in [3.63, 3.8) is 0 Å². The maximum atomic E-state index is 11.6. The van der Waals surface area contributed by atoms with Crippen LogP contribution < -0.4 is 5.32 Å². The topological polar surface area (TPSA) is 32.3 Å². The molecule has 1 atom stereocenters. The molecule has 2 rings (SSSR count). The third-order valence-corrected chi connectivity index (χ3v) is 3.66. The normalized spacial score (nSPS) is 19.9. The van der Waals surface area contributed by atoms with Crippen LogP contribution in [0.4, 0.5) is 0 Å². The zero-order valence-electron chi connectivity index (χ0n) is 11.3. The van der Waals surface area contributed by atoms with Crippen molar-refractivity contribution in [3.8, 4) is 0 Å². The van der Waals surface area contributed by atoms with E-state index in [1.54, 1.807) is 6.92 Å². The molecule has 0 bridgehead atoms. The third-order valence-electron chi connectivity index (χ3n) is 3.66. The van der Waals surface area contributed by atoms with Crippen LogP contribution in [0.1, 0.15) is 25.0 Å². The molecule has 1 aromatic rings. The van der Waals surface area contributed by atoms with E-state index in [0.717, 1.165) is 32.5 Å². The molecule has 1 fully saturated rings. The fraction of sp³-hybridized carbons (Fsp3) is 0.533. The molecule has 18 heavy (non-hydrogen) atoms. The number of piperazine rings is 1. The van der Waals surface area contributed by atoms with Crippen LogP contribution in [0.3, 0.4) is 0 Å². The zero-order chi connectivity index (χ0) is 13.0. The summed E-state index contributed by atoms with van der Waals surface area (Å²) in [7, 11) is 0. The van der Waals surface area contributed by atoms with E-state index in [4.69, 9.17) is 0 Å². The van der Waals surface area contributed by atoms with Gasteiger partial charge in [0.15, 0.2) is 0 Å². The Bertz CT molecular complexity index is 399. The van der Waals surface area contributed by atoms with Crippen LogP contribution in [-0.4, -0.2) is 36.5 Å². The van der Waals surface area contributed by atoms with Crippen LogP contribution in [0.15, 0.2) is 24.3 Å². The van der Waals surface area contributed by atoms with Gasteiger partial charge in [0.05, 0.1) is 0 Å². The zero-order valence-corrected chi connectivity index (χ0v) is 11.3. The number of carbonyl (C=O) groups excluding carboxylic acids is 1. The number of hydrogen-bond donors (Lipinski definition) is 1. The van der Waals surface area contributed by atoms with Crippen molar-refractivity contribution in [1.82, 2.24) is 10.2 Å². The van der Waals surface area contributed by atoms with Gasteiger partial charge in [0.25, 0.3) is 0 Å². The molecule has 1 saturated heterocycles. The third kappa shape index (κ3) is 3.10. The van der Waals surface area contributed by atoms with Gasteiger partial charge in [-0.25, -0.2) is 0 Å². The molecule has 1 N–H and O–H groups in total. The highest BCUT2D eigenvalue weighted by atomic mass is 16.2. The van der Waals surface area contributed by atoms with E-state index in [0.29, 0.717) is 6.04 Å². The summed E-state index contributed by atoms with van der Waals surface area (Å²) in [6, 6.07) is 9.04. The van der Waals surface area contributed by atoms with Crippen LogP contribution in [0.25, 0.3) is 0 Å². The molecule has 1 amide bonds. The van der Waals surface area contributed by atoms with Gasteiger partial charge < -0.3 is 10.2 Å². The summed E-state index contributed by atoms with van der Waals surface area (Å²) in [5.74, 6) is 0.187. The Hall–Kier alpha value is -1.35. The first-order valence-corrected chi connectivity index (χ1v) is 6.76. The minimum atomic E-state index is 0.187. The molecule has 0 spiro atoms. The van der Waals surface area contributed by atoms with E-state index >= 15 is 0 Å². The first-order chi connectivity index (χ1) is 8.70. The first-order valence-electron chi connectivity index (χ1n) is 6.76. The van der Waals surface area contributed by atoms with Crippen LogP contribution in [-0.2, 0) is 17.6 Å². The largest absolute Gasteiger partial charge is 0.337 e. The average Bonchev–Trinajstić information content (AvgIpc) is 2.40. The molecule has 0 aliphatic carbocycles. The summed E-state index contributed by atoms with van der Waals surface area (Å²) >= 11 is 0. The number of amides is 1. The van der Waals surface area contributed by atoms with Crippen LogP contribution in [0.5, 0.6) is 0 Å². The molecule has 1 aliphatic heterocycles. The van der Waals surface area contributed by atoms with Gasteiger partial charge in [0, 0.05) is 32.6 Å². The van der Waals surface area contributed by atoms with E-state index in [9.17, 15) is 4.79 Å². The number of nitrogens with one attached hydrogen (secondary N) is 1. The fourth-order valence-electron chi connectivity index (χ4n) is 2.54. The lowest BCUT2D eigenvalue weighted by molar-refractivity contribution is -0.131. The lowest BCUT2D eigenvalue weighted by Crippen LogP contribution is -2.53. The van der Waals surface area contributed by atoms with Gasteiger partial charge in [-0.3, -0.25) is 4.79 Å². The summed E-state index contributed by atoms with van der Waals surface area (Å²) in [4.78, 5) is 13.6.